The third-order valence-electron chi connectivity index (χ3n) is 3.59. The lowest BCUT2D eigenvalue weighted by Crippen LogP contribution is -2.24. The second kappa shape index (κ2) is 3.86. The summed E-state index contributed by atoms with van der Waals surface area (Å²) < 4.78 is 2.10. The Morgan fingerprint density at radius 3 is 2.56 bits per heavy atom. The van der Waals surface area contributed by atoms with Crippen LogP contribution in [0.15, 0.2) is 0 Å². The third-order valence-corrected chi connectivity index (χ3v) is 3.59. The molecule has 3 nitrogen and oxygen atoms in total. The summed E-state index contributed by atoms with van der Waals surface area (Å²) in [6.45, 7) is 11.3. The van der Waals surface area contributed by atoms with Gasteiger partial charge in [-0.05, 0) is 38.5 Å². The largest absolute Gasteiger partial charge is 0.247 e. The molecular formula is C13H23N3. The Hall–Kier alpha value is -0.860. The molecule has 3 heteroatoms. The normalized spacial score (nSPS) is 21.2. The van der Waals surface area contributed by atoms with Crippen molar-refractivity contribution < 1.29 is 0 Å². The summed E-state index contributed by atoms with van der Waals surface area (Å²) in [6.07, 6.45) is 3.68. The molecule has 0 radical (unpaired) electrons. The number of rotatable bonds is 1. The van der Waals surface area contributed by atoms with Crippen LogP contribution in [-0.4, -0.2) is 15.0 Å². The molecule has 16 heavy (non-hydrogen) atoms. The van der Waals surface area contributed by atoms with E-state index in [1.165, 1.54) is 24.2 Å². The molecule has 0 amide bonds. The van der Waals surface area contributed by atoms with Crippen molar-refractivity contribution in [1.29, 1.82) is 0 Å². The quantitative estimate of drug-likeness (QED) is 0.728. The van der Waals surface area contributed by atoms with E-state index in [9.17, 15) is 0 Å². The van der Waals surface area contributed by atoms with E-state index in [0.29, 0.717) is 17.4 Å². The molecule has 0 N–H and O–H groups in total. The first-order valence-corrected chi connectivity index (χ1v) is 6.35. The van der Waals surface area contributed by atoms with E-state index in [0.717, 1.165) is 6.42 Å². The molecule has 0 spiro atoms. The molecule has 1 heterocycles. The standard InChI is InChI=1S/C13H23N3/c1-9(2)16-11-8-6-7-10(13(3,4)5)12(11)14-15-16/h9-10H,6-8H2,1-5H3. The summed E-state index contributed by atoms with van der Waals surface area (Å²) in [5.74, 6) is 0.573. The lowest BCUT2D eigenvalue weighted by Gasteiger charge is -2.33. The van der Waals surface area contributed by atoms with Gasteiger partial charge in [0.25, 0.3) is 0 Å². The fourth-order valence-electron chi connectivity index (χ4n) is 2.71. The summed E-state index contributed by atoms with van der Waals surface area (Å²) >= 11 is 0. The van der Waals surface area contributed by atoms with Crippen molar-refractivity contribution in [2.24, 2.45) is 5.41 Å². The Labute approximate surface area is 98.2 Å². The van der Waals surface area contributed by atoms with Crippen molar-refractivity contribution in [3.63, 3.8) is 0 Å². The third kappa shape index (κ3) is 1.87. The van der Waals surface area contributed by atoms with Crippen LogP contribution in [0.1, 0.15) is 70.8 Å². The highest BCUT2D eigenvalue weighted by Crippen LogP contribution is 2.42. The zero-order valence-electron chi connectivity index (χ0n) is 11.1. The molecular weight excluding hydrogens is 198 g/mol. The maximum atomic E-state index is 4.44. The zero-order chi connectivity index (χ0) is 11.9. The molecule has 1 aromatic rings. The van der Waals surface area contributed by atoms with Crippen LogP contribution in [-0.2, 0) is 6.42 Å². The monoisotopic (exact) mass is 221 g/mol. The first-order chi connectivity index (χ1) is 7.41. The lowest BCUT2D eigenvalue weighted by molar-refractivity contribution is 0.282. The van der Waals surface area contributed by atoms with Gasteiger partial charge >= 0.3 is 0 Å². The average molecular weight is 221 g/mol. The number of hydrogen-bond acceptors (Lipinski definition) is 2. The molecule has 0 saturated heterocycles. The molecule has 0 saturated carbocycles. The molecule has 1 atom stereocenters. The minimum atomic E-state index is 0.299. The Kier molecular flexibility index (Phi) is 2.81. The molecule has 0 fully saturated rings. The SMILES string of the molecule is CC(C)n1nnc2c1CCCC2C(C)(C)C. The smallest absolute Gasteiger partial charge is 0.0895 e. The number of aromatic nitrogens is 3. The van der Waals surface area contributed by atoms with Crippen LogP contribution < -0.4 is 0 Å². The predicted molar refractivity (Wildman–Crippen MR) is 65.5 cm³/mol. The van der Waals surface area contributed by atoms with Gasteiger partial charge < -0.3 is 0 Å². The van der Waals surface area contributed by atoms with Gasteiger partial charge in [-0.2, -0.15) is 0 Å². The molecule has 0 aromatic carbocycles. The van der Waals surface area contributed by atoms with Crippen molar-refractivity contribution in [3.8, 4) is 0 Å². The number of hydrogen-bond donors (Lipinski definition) is 0. The van der Waals surface area contributed by atoms with Gasteiger partial charge in [-0.15, -0.1) is 5.10 Å². The summed E-state index contributed by atoms with van der Waals surface area (Å²) in [7, 11) is 0. The Morgan fingerprint density at radius 2 is 2.00 bits per heavy atom. The van der Waals surface area contributed by atoms with Crippen LogP contribution in [0.25, 0.3) is 0 Å². The van der Waals surface area contributed by atoms with Gasteiger partial charge in [0.1, 0.15) is 0 Å². The van der Waals surface area contributed by atoms with Crippen molar-refractivity contribution in [1.82, 2.24) is 15.0 Å². The molecule has 1 unspecified atom stereocenters. The van der Waals surface area contributed by atoms with Crippen LogP contribution in [0.3, 0.4) is 0 Å². The Balaban J connectivity index is 2.41. The average Bonchev–Trinajstić information content (AvgIpc) is 2.58. The fourth-order valence-corrected chi connectivity index (χ4v) is 2.71. The van der Waals surface area contributed by atoms with E-state index in [2.05, 4.69) is 49.6 Å². The van der Waals surface area contributed by atoms with Crippen LogP contribution in [0.5, 0.6) is 0 Å². The van der Waals surface area contributed by atoms with Crippen LogP contribution in [0, 0.1) is 5.41 Å². The van der Waals surface area contributed by atoms with Crippen molar-refractivity contribution in [2.75, 3.05) is 0 Å². The summed E-state index contributed by atoms with van der Waals surface area (Å²) in [6, 6.07) is 0.426. The van der Waals surface area contributed by atoms with Crippen molar-refractivity contribution in [3.05, 3.63) is 11.4 Å². The summed E-state index contributed by atoms with van der Waals surface area (Å²) in [5.41, 5.74) is 2.93. The van der Waals surface area contributed by atoms with Gasteiger partial charge in [-0.3, -0.25) is 0 Å². The van der Waals surface area contributed by atoms with Gasteiger partial charge in [-0.1, -0.05) is 26.0 Å². The van der Waals surface area contributed by atoms with Gasteiger partial charge in [0.15, 0.2) is 0 Å². The molecule has 1 aliphatic rings. The minimum Gasteiger partial charge on any atom is -0.247 e. The maximum absolute atomic E-state index is 4.44. The second-order valence-corrected chi connectivity index (χ2v) is 6.27. The van der Waals surface area contributed by atoms with Crippen molar-refractivity contribution in [2.45, 2.75) is 65.8 Å². The lowest BCUT2D eigenvalue weighted by atomic mass is 9.73. The molecule has 0 bridgehead atoms. The van der Waals surface area contributed by atoms with Gasteiger partial charge in [0, 0.05) is 12.0 Å². The van der Waals surface area contributed by atoms with Crippen LogP contribution in [0.4, 0.5) is 0 Å². The van der Waals surface area contributed by atoms with Crippen LogP contribution in [0.2, 0.25) is 0 Å². The van der Waals surface area contributed by atoms with E-state index in [4.69, 9.17) is 0 Å². The van der Waals surface area contributed by atoms with E-state index >= 15 is 0 Å². The molecule has 1 aromatic heterocycles. The van der Waals surface area contributed by atoms with Crippen molar-refractivity contribution >= 4 is 0 Å². The van der Waals surface area contributed by atoms with E-state index in [-0.39, 0.29) is 0 Å². The number of nitrogens with zero attached hydrogens (tertiary/aromatic N) is 3. The van der Waals surface area contributed by atoms with E-state index < -0.39 is 0 Å². The predicted octanol–water partition coefficient (Wildman–Crippen LogP) is 3.33. The zero-order valence-corrected chi connectivity index (χ0v) is 11.1. The molecule has 1 aliphatic carbocycles. The van der Waals surface area contributed by atoms with Gasteiger partial charge in [0.05, 0.1) is 11.4 Å². The first-order valence-electron chi connectivity index (χ1n) is 6.35. The summed E-state index contributed by atoms with van der Waals surface area (Å²) in [5, 5.41) is 8.77. The topological polar surface area (TPSA) is 30.7 Å². The number of fused-ring (bicyclic) bond motifs is 1. The molecule has 90 valence electrons. The fraction of sp³-hybridized carbons (Fsp3) is 0.846. The van der Waals surface area contributed by atoms with Gasteiger partial charge in [0.2, 0.25) is 0 Å². The van der Waals surface area contributed by atoms with E-state index in [1.807, 2.05) is 0 Å². The highest BCUT2D eigenvalue weighted by atomic mass is 15.4. The van der Waals surface area contributed by atoms with Gasteiger partial charge in [-0.25, -0.2) is 4.68 Å². The Morgan fingerprint density at radius 1 is 1.31 bits per heavy atom. The summed E-state index contributed by atoms with van der Waals surface area (Å²) in [4.78, 5) is 0. The minimum absolute atomic E-state index is 0.299. The highest BCUT2D eigenvalue weighted by Gasteiger charge is 2.34. The first kappa shape index (κ1) is 11.6. The Bertz CT molecular complexity index is 371. The van der Waals surface area contributed by atoms with E-state index in [1.54, 1.807) is 0 Å². The maximum Gasteiger partial charge on any atom is 0.0895 e. The van der Waals surface area contributed by atoms with Crippen LogP contribution >= 0.6 is 0 Å². The molecule has 2 rings (SSSR count). The second-order valence-electron chi connectivity index (χ2n) is 6.27. The highest BCUT2D eigenvalue weighted by molar-refractivity contribution is 5.21. The molecule has 0 aliphatic heterocycles.